The molecule has 2 aromatic heterocycles. The second kappa shape index (κ2) is 8.93. The Morgan fingerprint density at radius 2 is 1.70 bits per heavy atom. The van der Waals surface area contributed by atoms with E-state index in [1.165, 1.54) is 30.3 Å². The predicted octanol–water partition coefficient (Wildman–Crippen LogP) is 5.47. The molecule has 5 nitrogen and oxygen atoms in total. The van der Waals surface area contributed by atoms with Crippen molar-refractivity contribution in [2.24, 2.45) is 0 Å². The van der Waals surface area contributed by atoms with Crippen LogP contribution in [0.25, 0.3) is 11.6 Å². The molecule has 0 unspecified atom stereocenters. The van der Waals surface area contributed by atoms with Gasteiger partial charge in [0.25, 0.3) is 5.91 Å². The molecular formula is C27H20FN3O2. The number of fused-ring (bicyclic) bond motifs is 1. The molecular weight excluding hydrogens is 417 g/mol. The van der Waals surface area contributed by atoms with E-state index in [1.807, 2.05) is 37.3 Å². The summed E-state index contributed by atoms with van der Waals surface area (Å²) in [7, 11) is 0. The van der Waals surface area contributed by atoms with Crippen molar-refractivity contribution in [2.75, 3.05) is 5.32 Å². The molecule has 0 bridgehead atoms. The number of ketones is 1. The molecule has 2 aromatic carbocycles. The Labute approximate surface area is 190 Å². The van der Waals surface area contributed by atoms with Crippen molar-refractivity contribution in [2.45, 2.75) is 13.8 Å². The van der Waals surface area contributed by atoms with E-state index in [1.54, 1.807) is 35.7 Å². The molecule has 6 heteroatoms. The molecule has 0 aliphatic carbocycles. The molecule has 0 saturated heterocycles. The normalized spacial score (nSPS) is 11.3. The fourth-order valence-corrected chi connectivity index (χ4v) is 3.75. The zero-order chi connectivity index (χ0) is 23.5. The minimum absolute atomic E-state index is 0.0847. The Morgan fingerprint density at radius 3 is 2.39 bits per heavy atom. The second-order valence-electron chi connectivity index (χ2n) is 7.62. The number of amides is 1. The summed E-state index contributed by atoms with van der Waals surface area (Å²) < 4.78 is 15.1. The summed E-state index contributed by atoms with van der Waals surface area (Å²) in [6, 6.07) is 20.0. The van der Waals surface area contributed by atoms with Crippen LogP contribution in [-0.4, -0.2) is 16.1 Å². The third kappa shape index (κ3) is 4.17. The van der Waals surface area contributed by atoms with Crippen molar-refractivity contribution in [3.8, 4) is 6.07 Å². The number of rotatable bonds is 5. The molecule has 4 rings (SSSR count). The van der Waals surface area contributed by atoms with Crippen LogP contribution in [0.4, 0.5) is 10.1 Å². The SMILES string of the molecule is Cc1ccccc1NC(=O)C(C#N)=Cc1c(C)c(C(=O)c2ccc(F)cc2)n2ccccc12. The molecule has 162 valence electrons. The van der Waals surface area contributed by atoms with Gasteiger partial charge in [0.15, 0.2) is 0 Å². The van der Waals surface area contributed by atoms with Crippen LogP contribution in [0.1, 0.15) is 32.7 Å². The zero-order valence-corrected chi connectivity index (χ0v) is 18.1. The van der Waals surface area contributed by atoms with Gasteiger partial charge in [-0.1, -0.05) is 24.3 Å². The molecule has 4 aromatic rings. The number of aromatic nitrogens is 1. The highest BCUT2D eigenvalue weighted by atomic mass is 19.1. The van der Waals surface area contributed by atoms with E-state index >= 15 is 0 Å². The standard InChI is InChI=1S/C27H20FN3O2/c1-17-7-3-4-8-23(17)30-27(33)20(16-29)15-22-18(2)25(31-14-6-5-9-24(22)31)26(32)19-10-12-21(28)13-11-19/h3-15H,1-2H3,(H,30,33). The lowest BCUT2D eigenvalue weighted by Gasteiger charge is -2.07. The van der Waals surface area contributed by atoms with Gasteiger partial charge in [0, 0.05) is 23.0 Å². The molecule has 33 heavy (non-hydrogen) atoms. The fourth-order valence-electron chi connectivity index (χ4n) is 3.75. The molecule has 2 heterocycles. The highest BCUT2D eigenvalue weighted by Gasteiger charge is 2.22. The summed E-state index contributed by atoms with van der Waals surface area (Å²) in [4.78, 5) is 26.1. The number of hydrogen-bond acceptors (Lipinski definition) is 3. The maximum Gasteiger partial charge on any atom is 0.266 e. The number of pyridine rings is 1. The van der Waals surface area contributed by atoms with E-state index in [-0.39, 0.29) is 11.4 Å². The number of aryl methyl sites for hydroxylation is 1. The van der Waals surface area contributed by atoms with Gasteiger partial charge in [-0.05, 0) is 73.5 Å². The number of para-hydroxylation sites is 1. The molecule has 0 fully saturated rings. The number of halogens is 1. The van der Waals surface area contributed by atoms with Gasteiger partial charge < -0.3 is 9.72 Å². The Balaban J connectivity index is 1.80. The third-order valence-electron chi connectivity index (χ3n) is 5.50. The summed E-state index contributed by atoms with van der Waals surface area (Å²) >= 11 is 0. The maximum atomic E-state index is 13.3. The Morgan fingerprint density at radius 1 is 1.00 bits per heavy atom. The zero-order valence-electron chi connectivity index (χ0n) is 18.1. The molecule has 0 radical (unpaired) electrons. The van der Waals surface area contributed by atoms with Crippen LogP contribution >= 0.6 is 0 Å². The number of carbonyl (C=O) groups is 2. The summed E-state index contributed by atoms with van der Waals surface area (Å²) in [6.45, 7) is 3.63. The molecule has 1 amide bonds. The van der Waals surface area contributed by atoms with Crippen LogP contribution in [-0.2, 0) is 4.79 Å². The van der Waals surface area contributed by atoms with Crippen LogP contribution in [0.2, 0.25) is 0 Å². The van der Waals surface area contributed by atoms with E-state index < -0.39 is 11.7 Å². The van der Waals surface area contributed by atoms with Gasteiger partial charge in [-0.2, -0.15) is 5.26 Å². The van der Waals surface area contributed by atoms with Crippen molar-refractivity contribution in [1.29, 1.82) is 5.26 Å². The van der Waals surface area contributed by atoms with Crippen molar-refractivity contribution in [1.82, 2.24) is 4.40 Å². The number of carbonyl (C=O) groups excluding carboxylic acids is 2. The van der Waals surface area contributed by atoms with Gasteiger partial charge in [-0.15, -0.1) is 0 Å². The van der Waals surface area contributed by atoms with Gasteiger partial charge in [0.1, 0.15) is 17.5 Å². The highest BCUT2D eigenvalue weighted by Crippen LogP contribution is 2.28. The first-order valence-electron chi connectivity index (χ1n) is 10.3. The van der Waals surface area contributed by atoms with Crippen molar-refractivity contribution < 1.29 is 14.0 Å². The lowest BCUT2D eigenvalue weighted by atomic mass is 10.0. The van der Waals surface area contributed by atoms with Gasteiger partial charge in [-0.25, -0.2) is 4.39 Å². The molecule has 0 spiro atoms. The lowest BCUT2D eigenvalue weighted by Crippen LogP contribution is -2.14. The van der Waals surface area contributed by atoms with Crippen molar-refractivity contribution in [3.05, 3.63) is 112 Å². The van der Waals surface area contributed by atoms with E-state index in [0.717, 1.165) is 5.56 Å². The second-order valence-corrected chi connectivity index (χ2v) is 7.62. The van der Waals surface area contributed by atoms with Gasteiger partial charge in [0.05, 0.1) is 11.2 Å². The van der Waals surface area contributed by atoms with Crippen LogP contribution in [0, 0.1) is 31.0 Å². The van der Waals surface area contributed by atoms with Crippen LogP contribution in [0.15, 0.2) is 78.5 Å². The van der Waals surface area contributed by atoms with E-state index in [0.29, 0.717) is 33.6 Å². The minimum Gasteiger partial charge on any atom is -0.321 e. The first-order chi connectivity index (χ1) is 15.9. The van der Waals surface area contributed by atoms with Crippen molar-refractivity contribution >= 4 is 29.0 Å². The average Bonchev–Trinajstić information content (AvgIpc) is 3.09. The first kappa shape index (κ1) is 21.7. The largest absolute Gasteiger partial charge is 0.321 e. The van der Waals surface area contributed by atoms with E-state index in [4.69, 9.17) is 0 Å². The van der Waals surface area contributed by atoms with Crippen molar-refractivity contribution in [3.63, 3.8) is 0 Å². The number of hydrogen-bond donors (Lipinski definition) is 1. The summed E-state index contributed by atoms with van der Waals surface area (Å²) in [6.07, 6.45) is 3.25. The number of nitriles is 1. The van der Waals surface area contributed by atoms with E-state index in [9.17, 15) is 19.2 Å². The number of benzene rings is 2. The summed E-state index contributed by atoms with van der Waals surface area (Å²) in [5.74, 6) is -1.24. The van der Waals surface area contributed by atoms with Crippen LogP contribution < -0.4 is 5.32 Å². The quantitative estimate of drug-likeness (QED) is 0.256. The molecule has 0 saturated carbocycles. The number of nitrogens with one attached hydrogen (secondary N) is 1. The molecule has 1 N–H and O–H groups in total. The summed E-state index contributed by atoms with van der Waals surface area (Å²) in [5.41, 5.74) is 4.03. The van der Waals surface area contributed by atoms with Crippen LogP contribution in [0.5, 0.6) is 0 Å². The van der Waals surface area contributed by atoms with Gasteiger partial charge in [0.2, 0.25) is 5.78 Å². The summed E-state index contributed by atoms with van der Waals surface area (Å²) in [5, 5.41) is 12.5. The topological polar surface area (TPSA) is 74.4 Å². The minimum atomic E-state index is -0.534. The average molecular weight is 437 g/mol. The van der Waals surface area contributed by atoms with E-state index in [2.05, 4.69) is 5.32 Å². The Hall–Kier alpha value is -4.50. The first-order valence-corrected chi connectivity index (χ1v) is 10.3. The fraction of sp³-hybridized carbons (Fsp3) is 0.0741. The lowest BCUT2D eigenvalue weighted by molar-refractivity contribution is -0.112. The number of nitrogens with zero attached hydrogens (tertiary/aromatic N) is 2. The smallest absolute Gasteiger partial charge is 0.266 e. The monoisotopic (exact) mass is 437 g/mol. The van der Waals surface area contributed by atoms with Crippen LogP contribution in [0.3, 0.4) is 0 Å². The maximum absolute atomic E-state index is 13.3. The molecule has 0 atom stereocenters. The third-order valence-corrected chi connectivity index (χ3v) is 5.50. The predicted molar refractivity (Wildman–Crippen MR) is 125 cm³/mol. The molecule has 0 aliphatic rings. The highest BCUT2D eigenvalue weighted by molar-refractivity contribution is 6.13. The molecule has 0 aliphatic heterocycles. The number of anilines is 1. The van der Waals surface area contributed by atoms with Gasteiger partial charge >= 0.3 is 0 Å². The Kier molecular flexibility index (Phi) is 5.88. The van der Waals surface area contributed by atoms with Gasteiger partial charge in [-0.3, -0.25) is 9.59 Å². The Bertz CT molecular complexity index is 1460.